The Morgan fingerprint density at radius 1 is 1.00 bits per heavy atom. The minimum atomic E-state index is -0.271. The molecule has 0 radical (unpaired) electrons. The monoisotopic (exact) mass is 369 g/mol. The van der Waals surface area contributed by atoms with E-state index in [0.29, 0.717) is 11.4 Å². The van der Waals surface area contributed by atoms with Crippen LogP contribution < -0.4 is 5.32 Å². The first-order valence-corrected chi connectivity index (χ1v) is 8.07. The molecule has 1 N–H and O–H groups in total. The normalized spacial score (nSPS) is 10.6. The Kier molecular flexibility index (Phi) is 4.35. The van der Waals surface area contributed by atoms with Crippen LogP contribution in [0.5, 0.6) is 0 Å². The predicted molar refractivity (Wildman–Crippen MR) is 95.7 cm³/mol. The zero-order valence-electron chi connectivity index (χ0n) is 12.9. The molecule has 4 heteroatoms. The van der Waals surface area contributed by atoms with Gasteiger partial charge in [0.15, 0.2) is 5.76 Å². The van der Waals surface area contributed by atoms with Crippen LogP contribution in [0.1, 0.15) is 21.7 Å². The van der Waals surface area contributed by atoms with Gasteiger partial charge in [0.25, 0.3) is 5.91 Å². The lowest BCUT2D eigenvalue weighted by molar-refractivity contribution is 0.0997. The molecule has 116 valence electrons. The van der Waals surface area contributed by atoms with Gasteiger partial charge >= 0.3 is 0 Å². The van der Waals surface area contributed by atoms with Gasteiger partial charge in [-0.3, -0.25) is 4.79 Å². The first-order valence-electron chi connectivity index (χ1n) is 7.28. The summed E-state index contributed by atoms with van der Waals surface area (Å²) in [6, 6.07) is 17.1. The van der Waals surface area contributed by atoms with Crippen LogP contribution in [0.4, 0.5) is 5.69 Å². The van der Waals surface area contributed by atoms with Gasteiger partial charge in [0.1, 0.15) is 5.76 Å². The van der Waals surface area contributed by atoms with Crippen LogP contribution in [0.2, 0.25) is 0 Å². The van der Waals surface area contributed by atoms with Gasteiger partial charge < -0.3 is 9.73 Å². The molecule has 0 fully saturated rings. The number of aryl methyl sites for hydroxylation is 2. The molecule has 23 heavy (non-hydrogen) atoms. The third-order valence-corrected chi connectivity index (χ3v) is 4.43. The number of rotatable bonds is 3. The number of para-hydroxylation sites is 1. The van der Waals surface area contributed by atoms with Crippen LogP contribution in [0.25, 0.3) is 11.3 Å². The van der Waals surface area contributed by atoms with E-state index in [0.717, 1.165) is 10.0 Å². The quantitative estimate of drug-likeness (QED) is 0.654. The molecular formula is C19H16BrNO2. The Morgan fingerprint density at radius 3 is 2.52 bits per heavy atom. The first-order chi connectivity index (χ1) is 11.0. The topological polar surface area (TPSA) is 42.2 Å². The Balaban J connectivity index is 1.82. The van der Waals surface area contributed by atoms with Gasteiger partial charge in [0, 0.05) is 10.0 Å². The molecule has 0 aliphatic heterocycles. The van der Waals surface area contributed by atoms with Crippen LogP contribution >= 0.6 is 15.9 Å². The van der Waals surface area contributed by atoms with E-state index in [2.05, 4.69) is 41.2 Å². The lowest BCUT2D eigenvalue weighted by atomic mass is 10.1. The van der Waals surface area contributed by atoms with Crippen molar-refractivity contribution in [2.24, 2.45) is 0 Å². The summed E-state index contributed by atoms with van der Waals surface area (Å²) in [5, 5.41) is 2.83. The maximum atomic E-state index is 12.3. The third kappa shape index (κ3) is 3.37. The van der Waals surface area contributed by atoms with Gasteiger partial charge in [0.2, 0.25) is 0 Å². The van der Waals surface area contributed by atoms with Crippen molar-refractivity contribution in [2.45, 2.75) is 13.8 Å². The number of anilines is 1. The van der Waals surface area contributed by atoms with Gasteiger partial charge in [-0.1, -0.05) is 24.3 Å². The van der Waals surface area contributed by atoms with Gasteiger partial charge in [-0.05, 0) is 71.2 Å². The van der Waals surface area contributed by atoms with Crippen molar-refractivity contribution >= 4 is 27.5 Å². The number of hydrogen-bond donors (Lipinski definition) is 1. The molecule has 0 atom stereocenters. The fourth-order valence-corrected chi connectivity index (χ4v) is 2.64. The largest absolute Gasteiger partial charge is 0.451 e. The van der Waals surface area contributed by atoms with Gasteiger partial charge in [-0.25, -0.2) is 0 Å². The van der Waals surface area contributed by atoms with E-state index in [4.69, 9.17) is 4.42 Å². The molecule has 1 amide bonds. The number of halogens is 1. The van der Waals surface area contributed by atoms with Crippen LogP contribution in [0, 0.1) is 13.8 Å². The van der Waals surface area contributed by atoms with Crippen molar-refractivity contribution in [3.05, 3.63) is 76.0 Å². The van der Waals surface area contributed by atoms with E-state index in [9.17, 15) is 4.79 Å². The van der Waals surface area contributed by atoms with E-state index in [-0.39, 0.29) is 11.7 Å². The Bertz CT molecular complexity index is 867. The SMILES string of the molecule is Cc1ccc(-c2ccc(C(=O)Nc3ccccc3Br)o2)cc1C. The smallest absolute Gasteiger partial charge is 0.291 e. The van der Waals surface area contributed by atoms with E-state index in [1.165, 1.54) is 11.1 Å². The predicted octanol–water partition coefficient (Wildman–Crippen LogP) is 5.58. The average molecular weight is 370 g/mol. The second-order valence-corrected chi connectivity index (χ2v) is 6.25. The number of benzene rings is 2. The molecule has 0 aliphatic carbocycles. The summed E-state index contributed by atoms with van der Waals surface area (Å²) in [6.07, 6.45) is 0. The van der Waals surface area contributed by atoms with Crippen molar-refractivity contribution in [1.82, 2.24) is 0 Å². The number of amides is 1. The number of hydrogen-bond acceptors (Lipinski definition) is 2. The minimum absolute atomic E-state index is 0.271. The summed E-state index contributed by atoms with van der Waals surface area (Å²) in [5.74, 6) is 0.700. The molecule has 1 heterocycles. The van der Waals surface area contributed by atoms with Crippen LogP contribution in [-0.4, -0.2) is 5.91 Å². The molecular weight excluding hydrogens is 354 g/mol. The lowest BCUT2D eigenvalue weighted by Crippen LogP contribution is -2.11. The summed E-state index contributed by atoms with van der Waals surface area (Å²) < 4.78 is 6.54. The molecule has 3 nitrogen and oxygen atoms in total. The van der Waals surface area contributed by atoms with Crippen LogP contribution in [0.3, 0.4) is 0 Å². The fourth-order valence-electron chi connectivity index (χ4n) is 2.26. The molecule has 0 spiro atoms. The highest BCUT2D eigenvalue weighted by Crippen LogP contribution is 2.26. The Morgan fingerprint density at radius 2 is 1.78 bits per heavy atom. The molecule has 0 saturated carbocycles. The maximum absolute atomic E-state index is 12.3. The minimum Gasteiger partial charge on any atom is -0.451 e. The van der Waals surface area contributed by atoms with E-state index in [1.807, 2.05) is 42.5 Å². The summed E-state index contributed by atoms with van der Waals surface area (Å²) in [4.78, 5) is 12.3. The van der Waals surface area contributed by atoms with Crippen molar-refractivity contribution in [3.8, 4) is 11.3 Å². The van der Waals surface area contributed by atoms with Crippen molar-refractivity contribution in [2.75, 3.05) is 5.32 Å². The molecule has 1 aromatic heterocycles. The summed E-state index contributed by atoms with van der Waals surface area (Å²) >= 11 is 3.41. The van der Waals surface area contributed by atoms with Crippen molar-refractivity contribution in [3.63, 3.8) is 0 Å². The molecule has 3 aromatic rings. The molecule has 0 bridgehead atoms. The Labute approximate surface area is 143 Å². The highest BCUT2D eigenvalue weighted by Gasteiger charge is 2.13. The molecule has 2 aromatic carbocycles. The number of furan rings is 1. The summed E-state index contributed by atoms with van der Waals surface area (Å²) in [7, 11) is 0. The summed E-state index contributed by atoms with van der Waals surface area (Å²) in [6.45, 7) is 4.13. The number of carbonyl (C=O) groups is 1. The number of carbonyl (C=O) groups excluding carboxylic acids is 1. The molecule has 0 saturated heterocycles. The lowest BCUT2D eigenvalue weighted by Gasteiger charge is -2.05. The van der Waals surface area contributed by atoms with Crippen LogP contribution in [-0.2, 0) is 0 Å². The van der Waals surface area contributed by atoms with E-state index >= 15 is 0 Å². The third-order valence-electron chi connectivity index (χ3n) is 3.74. The highest BCUT2D eigenvalue weighted by atomic mass is 79.9. The first kappa shape index (κ1) is 15.6. The molecule has 3 rings (SSSR count). The van der Waals surface area contributed by atoms with Gasteiger partial charge in [-0.15, -0.1) is 0 Å². The van der Waals surface area contributed by atoms with E-state index in [1.54, 1.807) is 6.07 Å². The molecule has 0 aliphatic rings. The second kappa shape index (κ2) is 6.42. The summed E-state index contributed by atoms with van der Waals surface area (Å²) in [5.41, 5.74) is 4.10. The maximum Gasteiger partial charge on any atom is 0.291 e. The average Bonchev–Trinajstić information content (AvgIpc) is 3.02. The van der Waals surface area contributed by atoms with Gasteiger partial charge in [0.05, 0.1) is 5.69 Å². The second-order valence-electron chi connectivity index (χ2n) is 5.40. The van der Waals surface area contributed by atoms with Crippen molar-refractivity contribution in [1.29, 1.82) is 0 Å². The van der Waals surface area contributed by atoms with E-state index < -0.39 is 0 Å². The van der Waals surface area contributed by atoms with Crippen LogP contribution in [0.15, 0.2) is 63.5 Å². The Hall–Kier alpha value is -2.33. The molecule has 0 unspecified atom stereocenters. The fraction of sp³-hybridized carbons (Fsp3) is 0.105. The van der Waals surface area contributed by atoms with Crippen molar-refractivity contribution < 1.29 is 9.21 Å². The zero-order valence-corrected chi connectivity index (χ0v) is 14.5. The zero-order chi connectivity index (χ0) is 16.4. The standard InChI is InChI=1S/C19H16BrNO2/c1-12-7-8-14(11-13(12)2)17-9-10-18(23-17)19(22)21-16-6-4-3-5-15(16)20/h3-11H,1-2H3,(H,21,22). The number of nitrogens with one attached hydrogen (secondary N) is 1. The van der Waals surface area contributed by atoms with Gasteiger partial charge in [-0.2, -0.15) is 0 Å². The highest BCUT2D eigenvalue weighted by molar-refractivity contribution is 9.10.